The molecular formula is C19H27NO2. The molecule has 1 aromatic rings. The lowest BCUT2D eigenvalue weighted by molar-refractivity contribution is 0.187. The van der Waals surface area contributed by atoms with Crippen LogP contribution in [0.3, 0.4) is 0 Å². The van der Waals surface area contributed by atoms with Crippen molar-refractivity contribution in [3.05, 3.63) is 34.9 Å². The number of methoxy groups -OCH3 is 2. The van der Waals surface area contributed by atoms with Crippen LogP contribution in [0.15, 0.2) is 23.8 Å². The number of nitrogens with zero attached hydrogens (tertiary/aromatic N) is 1. The van der Waals surface area contributed by atoms with E-state index in [9.17, 15) is 0 Å². The molecule has 0 N–H and O–H groups in total. The van der Waals surface area contributed by atoms with Gasteiger partial charge in [-0.25, -0.2) is 0 Å². The van der Waals surface area contributed by atoms with Gasteiger partial charge < -0.3 is 9.47 Å². The average Bonchev–Trinajstić information content (AvgIpc) is 2.52. The van der Waals surface area contributed by atoms with Crippen LogP contribution in [0.25, 0.3) is 0 Å². The Bertz CT molecular complexity index is 577. The third-order valence-corrected chi connectivity index (χ3v) is 4.82. The second-order valence-corrected chi connectivity index (χ2v) is 6.84. The smallest absolute Gasteiger partial charge is 0.161 e. The quantitative estimate of drug-likeness (QED) is 0.785. The van der Waals surface area contributed by atoms with E-state index in [2.05, 4.69) is 37.0 Å². The van der Waals surface area contributed by atoms with Crippen LogP contribution in [0, 0.1) is 5.92 Å². The molecule has 3 heteroatoms. The molecule has 0 aromatic heterocycles. The first kappa shape index (κ1) is 15.4. The Morgan fingerprint density at radius 2 is 1.91 bits per heavy atom. The molecule has 0 spiro atoms. The van der Waals surface area contributed by atoms with Gasteiger partial charge >= 0.3 is 0 Å². The molecule has 2 heterocycles. The van der Waals surface area contributed by atoms with Crippen LogP contribution in [-0.2, 0) is 6.42 Å². The van der Waals surface area contributed by atoms with Crippen LogP contribution in [-0.4, -0.2) is 32.2 Å². The lowest BCUT2D eigenvalue weighted by Crippen LogP contribution is -2.39. The van der Waals surface area contributed by atoms with E-state index in [1.807, 2.05) is 0 Å². The highest BCUT2D eigenvalue weighted by atomic mass is 16.5. The maximum Gasteiger partial charge on any atom is 0.161 e. The third kappa shape index (κ3) is 2.87. The highest BCUT2D eigenvalue weighted by Crippen LogP contribution is 2.41. The normalized spacial score (nSPS) is 21.1. The largest absolute Gasteiger partial charge is 0.493 e. The van der Waals surface area contributed by atoms with Gasteiger partial charge in [-0.15, -0.1) is 0 Å². The van der Waals surface area contributed by atoms with E-state index in [1.54, 1.807) is 19.8 Å². The van der Waals surface area contributed by atoms with Gasteiger partial charge in [0.25, 0.3) is 0 Å². The van der Waals surface area contributed by atoms with Gasteiger partial charge in [-0.2, -0.15) is 0 Å². The van der Waals surface area contributed by atoms with Crippen molar-refractivity contribution in [2.24, 2.45) is 5.92 Å². The number of ether oxygens (including phenoxy) is 2. The van der Waals surface area contributed by atoms with Crippen LogP contribution in [0.4, 0.5) is 0 Å². The van der Waals surface area contributed by atoms with Gasteiger partial charge in [-0.3, -0.25) is 4.90 Å². The fourth-order valence-electron chi connectivity index (χ4n) is 3.82. The summed E-state index contributed by atoms with van der Waals surface area (Å²) < 4.78 is 10.9. The first-order valence-electron chi connectivity index (χ1n) is 8.29. The van der Waals surface area contributed by atoms with Gasteiger partial charge in [0.05, 0.1) is 14.2 Å². The molecule has 0 aliphatic carbocycles. The molecular weight excluding hydrogens is 274 g/mol. The summed E-state index contributed by atoms with van der Waals surface area (Å²) >= 11 is 0. The zero-order chi connectivity index (χ0) is 15.7. The topological polar surface area (TPSA) is 21.7 Å². The molecule has 0 saturated heterocycles. The molecule has 1 atom stereocenters. The number of benzene rings is 1. The van der Waals surface area contributed by atoms with Crippen molar-refractivity contribution in [1.82, 2.24) is 4.90 Å². The first-order chi connectivity index (χ1) is 10.6. The zero-order valence-corrected chi connectivity index (χ0v) is 14.2. The molecule has 0 radical (unpaired) electrons. The van der Waals surface area contributed by atoms with E-state index < -0.39 is 0 Å². The minimum atomic E-state index is 0.500. The molecule has 2 aliphatic rings. The van der Waals surface area contributed by atoms with Crippen molar-refractivity contribution in [2.45, 2.75) is 39.2 Å². The molecule has 2 aliphatic heterocycles. The molecule has 120 valence electrons. The maximum atomic E-state index is 5.50. The Labute approximate surface area is 133 Å². The van der Waals surface area contributed by atoms with Crippen molar-refractivity contribution in [2.75, 3.05) is 27.3 Å². The Kier molecular flexibility index (Phi) is 4.44. The second kappa shape index (κ2) is 6.33. The Morgan fingerprint density at radius 1 is 1.18 bits per heavy atom. The summed E-state index contributed by atoms with van der Waals surface area (Å²) in [6.07, 6.45) is 5.90. The van der Waals surface area contributed by atoms with E-state index in [-0.39, 0.29) is 0 Å². The van der Waals surface area contributed by atoms with Crippen LogP contribution >= 0.6 is 0 Å². The monoisotopic (exact) mass is 301 g/mol. The summed E-state index contributed by atoms with van der Waals surface area (Å²) in [6.45, 7) is 6.87. The predicted octanol–water partition coefficient (Wildman–Crippen LogP) is 3.98. The molecule has 3 rings (SSSR count). The Morgan fingerprint density at radius 3 is 2.59 bits per heavy atom. The maximum absolute atomic E-state index is 5.50. The molecule has 0 saturated carbocycles. The summed E-state index contributed by atoms with van der Waals surface area (Å²) in [7, 11) is 3.42. The minimum Gasteiger partial charge on any atom is -0.493 e. The van der Waals surface area contributed by atoms with Crippen molar-refractivity contribution >= 4 is 0 Å². The lowest BCUT2D eigenvalue weighted by atomic mass is 9.86. The van der Waals surface area contributed by atoms with E-state index in [4.69, 9.17) is 9.47 Å². The van der Waals surface area contributed by atoms with Gasteiger partial charge in [-0.05, 0) is 48.4 Å². The first-order valence-corrected chi connectivity index (χ1v) is 8.29. The van der Waals surface area contributed by atoms with Crippen LogP contribution in [0.5, 0.6) is 11.5 Å². The second-order valence-electron chi connectivity index (χ2n) is 6.84. The fourth-order valence-corrected chi connectivity index (χ4v) is 3.82. The highest BCUT2D eigenvalue weighted by Gasteiger charge is 2.31. The summed E-state index contributed by atoms with van der Waals surface area (Å²) in [4.78, 5) is 2.63. The van der Waals surface area contributed by atoms with Gasteiger partial charge in [0.1, 0.15) is 0 Å². The van der Waals surface area contributed by atoms with Crippen molar-refractivity contribution in [3.8, 4) is 11.5 Å². The number of hydrogen-bond donors (Lipinski definition) is 0. The van der Waals surface area contributed by atoms with E-state index in [0.29, 0.717) is 6.04 Å². The minimum absolute atomic E-state index is 0.500. The molecule has 3 nitrogen and oxygen atoms in total. The third-order valence-electron chi connectivity index (χ3n) is 4.82. The van der Waals surface area contributed by atoms with Gasteiger partial charge in [0, 0.05) is 19.1 Å². The Balaban J connectivity index is 1.89. The molecule has 0 bridgehead atoms. The molecule has 0 amide bonds. The van der Waals surface area contributed by atoms with E-state index in [0.717, 1.165) is 43.3 Å². The van der Waals surface area contributed by atoms with Crippen LogP contribution in [0.1, 0.15) is 43.9 Å². The molecule has 0 unspecified atom stereocenters. The lowest BCUT2D eigenvalue weighted by Gasteiger charge is -2.41. The number of hydrogen-bond acceptors (Lipinski definition) is 3. The number of fused-ring (bicyclic) bond motifs is 3. The van der Waals surface area contributed by atoms with Crippen LogP contribution < -0.4 is 9.47 Å². The van der Waals surface area contributed by atoms with Gasteiger partial charge in [0.15, 0.2) is 11.5 Å². The predicted molar refractivity (Wildman–Crippen MR) is 89.7 cm³/mol. The molecule has 1 aromatic carbocycles. The van der Waals surface area contributed by atoms with Gasteiger partial charge in [-0.1, -0.05) is 25.5 Å². The highest BCUT2D eigenvalue weighted by molar-refractivity contribution is 5.50. The van der Waals surface area contributed by atoms with Crippen molar-refractivity contribution in [3.63, 3.8) is 0 Å². The number of rotatable bonds is 4. The van der Waals surface area contributed by atoms with E-state index in [1.165, 1.54) is 17.5 Å². The summed E-state index contributed by atoms with van der Waals surface area (Å²) in [5, 5.41) is 0. The van der Waals surface area contributed by atoms with Crippen molar-refractivity contribution in [1.29, 1.82) is 0 Å². The summed E-state index contributed by atoms with van der Waals surface area (Å²) in [5.41, 5.74) is 4.44. The Hall–Kier alpha value is -1.48. The van der Waals surface area contributed by atoms with E-state index >= 15 is 0 Å². The molecule has 22 heavy (non-hydrogen) atoms. The fraction of sp³-hybridized carbons (Fsp3) is 0.579. The zero-order valence-electron chi connectivity index (χ0n) is 14.2. The van der Waals surface area contributed by atoms with Crippen LogP contribution in [0.2, 0.25) is 0 Å². The molecule has 0 fully saturated rings. The van der Waals surface area contributed by atoms with Gasteiger partial charge in [0.2, 0.25) is 0 Å². The average molecular weight is 301 g/mol. The summed E-state index contributed by atoms with van der Waals surface area (Å²) in [6, 6.07) is 4.85. The van der Waals surface area contributed by atoms with Crippen molar-refractivity contribution < 1.29 is 9.47 Å². The summed E-state index contributed by atoms with van der Waals surface area (Å²) in [5.74, 6) is 2.44. The standard InChI is InChI=1S/C19H27NO2/c1-13(2)9-14-5-6-17-16-11-19(22-4)18(21-3)10-15(16)7-8-20(17)12-14/h5,10-11,13,17H,6-9,12H2,1-4H3/t17-/m0/s1. The SMILES string of the molecule is COc1cc2c(cc1OC)[C@@H]1CC=C(CC(C)C)CN1CC2.